The van der Waals surface area contributed by atoms with E-state index in [1.165, 1.54) is 22.5 Å². The number of nitrogens with one attached hydrogen (secondary N) is 1. The van der Waals surface area contributed by atoms with Gasteiger partial charge in [0.1, 0.15) is 6.07 Å². The fourth-order valence-corrected chi connectivity index (χ4v) is 4.59. The zero-order valence-electron chi connectivity index (χ0n) is 11.3. The predicted molar refractivity (Wildman–Crippen MR) is 77.0 cm³/mol. The molecule has 1 aliphatic rings. The monoisotopic (exact) mass is 313 g/mol. The topological polar surface area (TPSA) is 73.2 Å². The van der Waals surface area contributed by atoms with E-state index in [-0.39, 0.29) is 27.6 Å². The van der Waals surface area contributed by atoms with Crippen molar-refractivity contribution in [3.8, 4) is 6.07 Å². The Labute approximate surface area is 124 Å². The van der Waals surface area contributed by atoms with Gasteiger partial charge in [-0.1, -0.05) is 11.6 Å². The largest absolute Gasteiger partial charge is 0.314 e. The van der Waals surface area contributed by atoms with Gasteiger partial charge in [0.05, 0.1) is 15.5 Å². The summed E-state index contributed by atoms with van der Waals surface area (Å²) in [5, 5.41) is 12.2. The van der Waals surface area contributed by atoms with Crippen molar-refractivity contribution in [3.05, 3.63) is 28.8 Å². The summed E-state index contributed by atoms with van der Waals surface area (Å²) in [6.07, 6.45) is 0. The van der Waals surface area contributed by atoms with Crippen molar-refractivity contribution in [2.75, 3.05) is 13.1 Å². The first-order chi connectivity index (χ1) is 9.37. The molecule has 20 heavy (non-hydrogen) atoms. The van der Waals surface area contributed by atoms with Gasteiger partial charge in [-0.05, 0) is 32.0 Å². The number of nitriles is 1. The highest BCUT2D eigenvalue weighted by atomic mass is 35.5. The van der Waals surface area contributed by atoms with Crippen LogP contribution < -0.4 is 5.32 Å². The highest BCUT2D eigenvalue weighted by molar-refractivity contribution is 7.89. The molecule has 2 unspecified atom stereocenters. The second kappa shape index (κ2) is 5.70. The average Bonchev–Trinajstić information content (AvgIpc) is 2.38. The molecule has 2 atom stereocenters. The van der Waals surface area contributed by atoms with Crippen LogP contribution in [0.15, 0.2) is 23.1 Å². The Morgan fingerprint density at radius 2 is 1.95 bits per heavy atom. The van der Waals surface area contributed by atoms with E-state index in [4.69, 9.17) is 16.9 Å². The molecule has 0 saturated carbocycles. The predicted octanol–water partition coefficient (Wildman–Crippen LogP) is 1.58. The van der Waals surface area contributed by atoms with Crippen LogP contribution in [-0.4, -0.2) is 37.9 Å². The zero-order valence-corrected chi connectivity index (χ0v) is 12.9. The second-order valence-electron chi connectivity index (χ2n) is 4.94. The van der Waals surface area contributed by atoms with Crippen LogP contribution in [0.1, 0.15) is 19.4 Å². The van der Waals surface area contributed by atoms with E-state index in [0.717, 1.165) is 0 Å². The van der Waals surface area contributed by atoms with E-state index in [1.54, 1.807) is 0 Å². The third-order valence-corrected chi connectivity index (χ3v) is 5.82. The fourth-order valence-electron chi connectivity index (χ4n) is 2.46. The summed E-state index contributed by atoms with van der Waals surface area (Å²) in [5.74, 6) is 0. The molecule has 0 aliphatic carbocycles. The van der Waals surface area contributed by atoms with E-state index in [0.29, 0.717) is 13.1 Å². The van der Waals surface area contributed by atoms with Crippen LogP contribution in [0, 0.1) is 11.3 Å². The molecule has 0 aromatic heterocycles. The quantitative estimate of drug-likeness (QED) is 0.899. The number of hydrogen-bond donors (Lipinski definition) is 1. The lowest BCUT2D eigenvalue weighted by Crippen LogP contribution is -2.57. The second-order valence-corrected chi connectivity index (χ2v) is 7.20. The molecule has 1 saturated heterocycles. The van der Waals surface area contributed by atoms with Crippen molar-refractivity contribution < 1.29 is 8.42 Å². The van der Waals surface area contributed by atoms with Crippen molar-refractivity contribution in [1.82, 2.24) is 9.62 Å². The lowest BCUT2D eigenvalue weighted by atomic mass is 10.2. The van der Waals surface area contributed by atoms with Gasteiger partial charge in [-0.2, -0.15) is 9.57 Å². The lowest BCUT2D eigenvalue weighted by Gasteiger charge is -2.38. The van der Waals surface area contributed by atoms with Gasteiger partial charge in [0.15, 0.2) is 0 Å². The van der Waals surface area contributed by atoms with Crippen LogP contribution in [0.2, 0.25) is 5.02 Å². The summed E-state index contributed by atoms with van der Waals surface area (Å²) in [4.78, 5) is 0.127. The minimum Gasteiger partial charge on any atom is -0.314 e. The van der Waals surface area contributed by atoms with Crippen LogP contribution in [-0.2, 0) is 10.0 Å². The smallest absolute Gasteiger partial charge is 0.243 e. The molecule has 1 N–H and O–H groups in total. The molecule has 1 aliphatic heterocycles. The molecule has 7 heteroatoms. The summed E-state index contributed by atoms with van der Waals surface area (Å²) in [6.45, 7) is 4.97. The van der Waals surface area contributed by atoms with E-state index >= 15 is 0 Å². The Morgan fingerprint density at radius 3 is 2.45 bits per heavy atom. The van der Waals surface area contributed by atoms with Crippen molar-refractivity contribution in [2.45, 2.75) is 30.8 Å². The number of piperazine rings is 1. The van der Waals surface area contributed by atoms with E-state index < -0.39 is 10.0 Å². The number of benzene rings is 1. The summed E-state index contributed by atoms with van der Waals surface area (Å²) in [5.41, 5.74) is 0.270. The Balaban J connectivity index is 2.44. The first-order valence-electron chi connectivity index (χ1n) is 6.32. The van der Waals surface area contributed by atoms with Crippen molar-refractivity contribution in [2.24, 2.45) is 0 Å². The molecule has 0 amide bonds. The Kier molecular flexibility index (Phi) is 4.35. The first kappa shape index (κ1) is 15.3. The molecule has 0 bridgehead atoms. The van der Waals surface area contributed by atoms with Crippen LogP contribution in [0.5, 0.6) is 0 Å². The Morgan fingerprint density at radius 1 is 1.35 bits per heavy atom. The summed E-state index contributed by atoms with van der Waals surface area (Å²) < 4.78 is 26.9. The molecular weight excluding hydrogens is 298 g/mol. The van der Waals surface area contributed by atoms with E-state index in [1.807, 2.05) is 19.9 Å². The zero-order chi connectivity index (χ0) is 14.9. The lowest BCUT2D eigenvalue weighted by molar-refractivity contribution is 0.220. The minimum atomic E-state index is -3.61. The van der Waals surface area contributed by atoms with Gasteiger partial charge in [-0.25, -0.2) is 8.42 Å². The highest BCUT2D eigenvalue weighted by Crippen LogP contribution is 2.26. The van der Waals surface area contributed by atoms with Gasteiger partial charge in [-0.3, -0.25) is 0 Å². The summed E-state index contributed by atoms with van der Waals surface area (Å²) in [7, 11) is -3.61. The average molecular weight is 314 g/mol. The number of rotatable bonds is 2. The summed E-state index contributed by atoms with van der Waals surface area (Å²) >= 11 is 5.93. The maximum Gasteiger partial charge on any atom is 0.243 e. The molecule has 2 rings (SSSR count). The Bertz CT molecular complexity index is 644. The van der Waals surface area contributed by atoms with Crippen molar-refractivity contribution in [1.29, 1.82) is 5.26 Å². The van der Waals surface area contributed by atoms with Gasteiger partial charge in [0.25, 0.3) is 0 Å². The number of halogens is 1. The molecule has 0 radical (unpaired) electrons. The number of sulfonamides is 1. The molecule has 1 heterocycles. The van der Waals surface area contributed by atoms with Gasteiger partial charge in [-0.15, -0.1) is 0 Å². The van der Waals surface area contributed by atoms with Gasteiger partial charge < -0.3 is 5.32 Å². The van der Waals surface area contributed by atoms with Gasteiger partial charge in [0, 0.05) is 25.2 Å². The number of nitrogens with zero attached hydrogens (tertiary/aromatic N) is 2. The first-order valence-corrected chi connectivity index (χ1v) is 8.13. The van der Waals surface area contributed by atoms with E-state index in [9.17, 15) is 8.42 Å². The minimum absolute atomic E-state index is 0.127. The van der Waals surface area contributed by atoms with Crippen LogP contribution in [0.3, 0.4) is 0 Å². The van der Waals surface area contributed by atoms with Crippen LogP contribution in [0.4, 0.5) is 0 Å². The molecule has 5 nitrogen and oxygen atoms in total. The summed E-state index contributed by atoms with van der Waals surface area (Å²) in [6, 6.07) is 5.88. The van der Waals surface area contributed by atoms with Crippen molar-refractivity contribution >= 4 is 21.6 Å². The molecular formula is C13H16ClN3O2S. The maximum absolute atomic E-state index is 12.7. The Hall–Kier alpha value is -1.13. The van der Waals surface area contributed by atoms with E-state index in [2.05, 4.69) is 5.32 Å². The van der Waals surface area contributed by atoms with Gasteiger partial charge >= 0.3 is 0 Å². The van der Waals surface area contributed by atoms with Gasteiger partial charge in [0.2, 0.25) is 10.0 Å². The van der Waals surface area contributed by atoms with Crippen LogP contribution >= 0.6 is 11.6 Å². The normalized spacial score (nSPS) is 24.3. The third-order valence-electron chi connectivity index (χ3n) is 3.38. The van der Waals surface area contributed by atoms with Crippen LogP contribution in [0.25, 0.3) is 0 Å². The molecule has 108 valence electrons. The number of hydrogen-bond acceptors (Lipinski definition) is 4. The highest BCUT2D eigenvalue weighted by Gasteiger charge is 2.35. The maximum atomic E-state index is 12.7. The molecule has 1 aromatic carbocycles. The molecule has 0 spiro atoms. The molecule has 1 fully saturated rings. The standard InChI is InChI=1S/C13H16ClN3O2S/c1-9-7-16-8-10(2)17(9)20(18,19)12-4-3-11(6-15)13(14)5-12/h3-5,9-10,16H,7-8H2,1-2H3. The third kappa shape index (κ3) is 2.67. The van der Waals surface area contributed by atoms with Crippen molar-refractivity contribution in [3.63, 3.8) is 0 Å². The molecule has 1 aromatic rings. The SMILES string of the molecule is CC1CNCC(C)N1S(=O)(=O)c1ccc(C#N)c(Cl)c1. The fraction of sp³-hybridized carbons (Fsp3) is 0.462.